The van der Waals surface area contributed by atoms with Crippen molar-refractivity contribution in [1.82, 2.24) is 0 Å². The molecule has 2 rings (SSSR count). The van der Waals surface area contributed by atoms with Gasteiger partial charge in [-0.25, -0.2) is 0 Å². The topological polar surface area (TPSA) is 17.1 Å². The van der Waals surface area contributed by atoms with Crippen LogP contribution < -0.4 is 0 Å². The molecular formula is C8H8Cl2OS. The van der Waals surface area contributed by atoms with E-state index in [0.717, 1.165) is 5.92 Å². The molecule has 0 spiro atoms. The van der Waals surface area contributed by atoms with E-state index in [1.165, 1.54) is 12.8 Å². The van der Waals surface area contributed by atoms with Gasteiger partial charge in [-0.15, -0.1) is 11.3 Å². The number of carbonyl (C=O) groups excluding carboxylic acids is 1. The van der Waals surface area contributed by atoms with Gasteiger partial charge in [0.05, 0.1) is 0 Å². The zero-order valence-corrected chi connectivity index (χ0v) is 8.62. The Bertz CT molecular complexity index is 238. The van der Waals surface area contributed by atoms with Crippen molar-refractivity contribution < 1.29 is 4.79 Å². The minimum absolute atomic E-state index is 0.889. The predicted octanol–water partition coefficient (Wildman–Crippen LogP) is 4.21. The Morgan fingerprint density at radius 1 is 1.50 bits per heavy atom. The fourth-order valence-corrected chi connectivity index (χ4v) is 1.79. The first kappa shape index (κ1) is 10.0. The van der Waals surface area contributed by atoms with Crippen molar-refractivity contribution in [2.24, 2.45) is 0 Å². The molecule has 0 bridgehead atoms. The second-order valence-corrected chi connectivity index (χ2v) is 4.37. The molecule has 66 valence electrons. The lowest BCUT2D eigenvalue weighted by molar-refractivity contribution is 0.275. The molecule has 4 heteroatoms. The SMILES string of the molecule is O=C(Cl)Cl.c1csc(C2CC2)c1. The summed E-state index contributed by atoms with van der Waals surface area (Å²) in [4.78, 5) is 10.6. The molecule has 1 fully saturated rings. The van der Waals surface area contributed by atoms with E-state index >= 15 is 0 Å². The number of halogens is 2. The van der Waals surface area contributed by atoms with Crippen LogP contribution in [0.2, 0.25) is 0 Å². The predicted molar refractivity (Wildman–Crippen MR) is 53.4 cm³/mol. The lowest BCUT2D eigenvalue weighted by Crippen LogP contribution is -1.62. The minimum atomic E-state index is -0.889. The summed E-state index contributed by atoms with van der Waals surface area (Å²) in [5.41, 5.74) is 0. The van der Waals surface area contributed by atoms with Crippen LogP contribution in [0.15, 0.2) is 17.5 Å². The van der Waals surface area contributed by atoms with Crippen LogP contribution in [0, 0.1) is 0 Å². The van der Waals surface area contributed by atoms with Gasteiger partial charge in [-0.05, 0) is 53.4 Å². The summed E-state index contributed by atoms with van der Waals surface area (Å²) in [6.45, 7) is 0. The van der Waals surface area contributed by atoms with Gasteiger partial charge in [-0.2, -0.15) is 0 Å². The van der Waals surface area contributed by atoms with E-state index in [1.54, 1.807) is 4.88 Å². The summed E-state index contributed by atoms with van der Waals surface area (Å²) >= 11 is 10.7. The molecule has 1 aliphatic rings. The van der Waals surface area contributed by atoms with E-state index in [1.807, 2.05) is 11.3 Å². The van der Waals surface area contributed by atoms with Crippen LogP contribution in [0.5, 0.6) is 0 Å². The Morgan fingerprint density at radius 2 is 2.08 bits per heavy atom. The normalized spacial score (nSPS) is 14.8. The van der Waals surface area contributed by atoms with Crippen molar-refractivity contribution >= 4 is 39.2 Å². The van der Waals surface area contributed by atoms with Crippen molar-refractivity contribution in [3.8, 4) is 0 Å². The lowest BCUT2D eigenvalue weighted by Gasteiger charge is -1.82. The summed E-state index contributed by atoms with van der Waals surface area (Å²) < 4.78 is -0.889. The fourth-order valence-electron chi connectivity index (χ4n) is 0.891. The third kappa shape index (κ3) is 4.10. The van der Waals surface area contributed by atoms with E-state index in [2.05, 4.69) is 40.7 Å². The van der Waals surface area contributed by atoms with Crippen LogP contribution in [0.1, 0.15) is 23.6 Å². The van der Waals surface area contributed by atoms with Gasteiger partial charge in [0, 0.05) is 4.88 Å². The molecule has 0 radical (unpaired) electrons. The molecule has 1 aromatic heterocycles. The summed E-state index contributed by atoms with van der Waals surface area (Å²) in [6.07, 6.45) is 2.86. The van der Waals surface area contributed by atoms with Crippen LogP contribution in [0.4, 0.5) is 4.79 Å². The monoisotopic (exact) mass is 222 g/mol. The van der Waals surface area contributed by atoms with Crippen LogP contribution in [-0.2, 0) is 0 Å². The molecule has 0 aromatic carbocycles. The maximum Gasteiger partial charge on any atom is 0.313 e. The summed E-state index contributed by atoms with van der Waals surface area (Å²) in [7, 11) is 0. The van der Waals surface area contributed by atoms with Crippen molar-refractivity contribution in [3.63, 3.8) is 0 Å². The fraction of sp³-hybridized carbons (Fsp3) is 0.375. The number of rotatable bonds is 1. The largest absolute Gasteiger partial charge is 0.313 e. The standard InChI is InChI=1S/C7H8S.CCl2O/c1-2-7(8-5-1)6-3-4-6;2-1(3)4/h1-2,5-6H,3-4H2;. The van der Waals surface area contributed by atoms with Crippen molar-refractivity contribution in [2.45, 2.75) is 18.8 Å². The molecule has 0 unspecified atom stereocenters. The summed E-state index contributed by atoms with van der Waals surface area (Å²) in [5.74, 6) is 0.954. The highest BCUT2D eigenvalue weighted by molar-refractivity contribution is 7.10. The number of hydrogen-bond acceptors (Lipinski definition) is 2. The van der Waals surface area contributed by atoms with Crippen LogP contribution in [-0.4, -0.2) is 4.70 Å². The number of thiophene rings is 1. The van der Waals surface area contributed by atoms with Crippen molar-refractivity contribution in [1.29, 1.82) is 0 Å². The van der Waals surface area contributed by atoms with Gasteiger partial charge in [0.1, 0.15) is 0 Å². The zero-order valence-electron chi connectivity index (χ0n) is 6.30. The van der Waals surface area contributed by atoms with Crippen LogP contribution in [0.25, 0.3) is 0 Å². The third-order valence-electron chi connectivity index (χ3n) is 1.52. The Hall–Kier alpha value is -0.0500. The zero-order chi connectivity index (χ0) is 8.97. The quantitative estimate of drug-likeness (QED) is 0.651. The van der Waals surface area contributed by atoms with Crippen molar-refractivity contribution in [3.05, 3.63) is 22.4 Å². The first-order valence-electron chi connectivity index (χ1n) is 3.58. The van der Waals surface area contributed by atoms with E-state index in [9.17, 15) is 0 Å². The Morgan fingerprint density at radius 3 is 2.42 bits per heavy atom. The Labute approximate surface area is 85.3 Å². The highest BCUT2D eigenvalue weighted by atomic mass is 35.5. The highest BCUT2D eigenvalue weighted by Gasteiger charge is 2.23. The molecule has 1 saturated carbocycles. The molecule has 1 nitrogen and oxygen atoms in total. The third-order valence-corrected chi connectivity index (χ3v) is 2.56. The molecule has 1 heterocycles. The second-order valence-electron chi connectivity index (χ2n) is 2.52. The molecule has 12 heavy (non-hydrogen) atoms. The van der Waals surface area contributed by atoms with Crippen LogP contribution >= 0.6 is 34.5 Å². The maximum atomic E-state index is 8.98. The van der Waals surface area contributed by atoms with Gasteiger partial charge in [-0.1, -0.05) is 6.07 Å². The molecule has 0 N–H and O–H groups in total. The van der Waals surface area contributed by atoms with E-state index in [-0.39, 0.29) is 0 Å². The minimum Gasteiger partial charge on any atom is -0.262 e. The van der Waals surface area contributed by atoms with Gasteiger partial charge < -0.3 is 0 Å². The first-order valence-corrected chi connectivity index (χ1v) is 5.22. The van der Waals surface area contributed by atoms with E-state index in [4.69, 9.17) is 4.79 Å². The average molecular weight is 223 g/mol. The van der Waals surface area contributed by atoms with Crippen LogP contribution in [0.3, 0.4) is 0 Å². The van der Waals surface area contributed by atoms with Crippen molar-refractivity contribution in [2.75, 3.05) is 0 Å². The van der Waals surface area contributed by atoms with Gasteiger partial charge in [0.25, 0.3) is 0 Å². The van der Waals surface area contributed by atoms with Gasteiger partial charge in [-0.3, -0.25) is 4.79 Å². The molecular weight excluding hydrogens is 215 g/mol. The molecule has 0 atom stereocenters. The smallest absolute Gasteiger partial charge is 0.262 e. The average Bonchev–Trinajstić information content (AvgIpc) is 2.67. The summed E-state index contributed by atoms with van der Waals surface area (Å²) in [6, 6.07) is 4.38. The first-order chi connectivity index (χ1) is 5.70. The second kappa shape index (κ2) is 4.85. The van der Waals surface area contributed by atoms with Gasteiger partial charge in [0.15, 0.2) is 0 Å². The van der Waals surface area contributed by atoms with Gasteiger partial charge >= 0.3 is 4.70 Å². The Balaban J connectivity index is 0.000000157. The molecule has 0 amide bonds. The molecule has 0 saturated heterocycles. The molecule has 1 aliphatic carbocycles. The lowest BCUT2D eigenvalue weighted by atomic mass is 10.3. The number of carbonyl (C=O) groups is 1. The molecule has 0 aliphatic heterocycles. The Kier molecular flexibility index (Phi) is 4.06. The maximum absolute atomic E-state index is 8.98. The van der Waals surface area contributed by atoms with E-state index < -0.39 is 4.70 Å². The van der Waals surface area contributed by atoms with E-state index in [0.29, 0.717) is 0 Å². The summed E-state index contributed by atoms with van der Waals surface area (Å²) in [5, 5.41) is 2.16. The highest BCUT2D eigenvalue weighted by Crippen LogP contribution is 2.41. The molecule has 1 aromatic rings. The van der Waals surface area contributed by atoms with Gasteiger partial charge in [0.2, 0.25) is 0 Å². The number of hydrogen-bond donors (Lipinski definition) is 0.